The second-order valence-corrected chi connectivity index (χ2v) is 3.49. The summed E-state index contributed by atoms with van der Waals surface area (Å²) in [5, 5.41) is 8.61. The first-order valence-corrected chi connectivity index (χ1v) is 5.28. The number of likely N-dealkylation sites (N-methyl/N-ethyl adjacent to an activating group) is 1. The van der Waals surface area contributed by atoms with Gasteiger partial charge < -0.3 is 20.5 Å². The number of nitrogens with two attached hydrogens (primary N) is 1. The van der Waals surface area contributed by atoms with Crippen LogP contribution >= 0.6 is 0 Å². The Bertz CT molecular complexity index is 233. The minimum absolute atomic E-state index is 0.298. The molecule has 0 aliphatic rings. The lowest BCUT2D eigenvalue weighted by Gasteiger charge is -2.22. The summed E-state index contributed by atoms with van der Waals surface area (Å²) >= 11 is 0. The third kappa shape index (κ3) is 5.67. The minimum atomic E-state index is -1.03. The summed E-state index contributed by atoms with van der Waals surface area (Å²) in [4.78, 5) is 23.4. The van der Waals surface area contributed by atoms with Crippen LogP contribution in [0.1, 0.15) is 19.8 Å². The van der Waals surface area contributed by atoms with Crippen LogP contribution in [-0.4, -0.2) is 54.7 Å². The molecule has 6 heteroatoms. The van der Waals surface area contributed by atoms with E-state index in [2.05, 4.69) is 0 Å². The Balaban J connectivity index is 4.11. The molecule has 0 fully saturated rings. The second kappa shape index (κ2) is 8.06. The number of carbonyl (C=O) groups excluding carboxylic acids is 1. The molecule has 0 radical (unpaired) electrons. The van der Waals surface area contributed by atoms with Gasteiger partial charge in [0.2, 0.25) is 5.91 Å². The summed E-state index contributed by atoms with van der Waals surface area (Å²) in [6.45, 7) is 2.32. The fourth-order valence-electron chi connectivity index (χ4n) is 1.31. The van der Waals surface area contributed by atoms with Crippen LogP contribution in [0, 0.1) is 0 Å². The van der Waals surface area contributed by atoms with E-state index < -0.39 is 12.0 Å². The Hall–Kier alpha value is -1.14. The topological polar surface area (TPSA) is 92.9 Å². The van der Waals surface area contributed by atoms with Crippen molar-refractivity contribution in [3.05, 3.63) is 0 Å². The van der Waals surface area contributed by atoms with E-state index >= 15 is 0 Å². The molecule has 0 bridgehead atoms. The van der Waals surface area contributed by atoms with Crippen molar-refractivity contribution >= 4 is 11.9 Å². The number of carbonyl (C=O) groups is 2. The average molecular weight is 232 g/mol. The van der Waals surface area contributed by atoms with E-state index in [1.54, 1.807) is 14.0 Å². The summed E-state index contributed by atoms with van der Waals surface area (Å²) in [5.74, 6) is -1.35. The SMILES string of the molecule is CCN(CC(=O)O)C(=O)C(N)CCCOC. The van der Waals surface area contributed by atoms with Gasteiger partial charge in [-0.3, -0.25) is 9.59 Å². The lowest BCUT2D eigenvalue weighted by Crippen LogP contribution is -2.45. The second-order valence-electron chi connectivity index (χ2n) is 3.49. The molecular weight excluding hydrogens is 212 g/mol. The highest BCUT2D eigenvalue weighted by Gasteiger charge is 2.21. The number of amides is 1. The van der Waals surface area contributed by atoms with Crippen molar-refractivity contribution in [2.75, 3.05) is 26.8 Å². The molecule has 1 unspecified atom stereocenters. The van der Waals surface area contributed by atoms with Gasteiger partial charge in [0.25, 0.3) is 0 Å². The number of hydrogen-bond donors (Lipinski definition) is 2. The molecule has 0 aromatic heterocycles. The molecule has 0 heterocycles. The molecule has 0 aliphatic carbocycles. The molecular formula is C10H20N2O4. The van der Waals surface area contributed by atoms with Crippen LogP contribution in [0.25, 0.3) is 0 Å². The lowest BCUT2D eigenvalue weighted by atomic mass is 10.1. The van der Waals surface area contributed by atoms with Gasteiger partial charge in [-0.05, 0) is 19.8 Å². The highest BCUT2D eigenvalue weighted by atomic mass is 16.5. The summed E-state index contributed by atoms with van der Waals surface area (Å²) in [5.41, 5.74) is 5.67. The molecule has 0 aliphatic heterocycles. The number of methoxy groups -OCH3 is 1. The maximum Gasteiger partial charge on any atom is 0.323 e. The van der Waals surface area contributed by atoms with E-state index in [-0.39, 0.29) is 12.5 Å². The van der Waals surface area contributed by atoms with Crippen molar-refractivity contribution in [3.8, 4) is 0 Å². The molecule has 94 valence electrons. The highest BCUT2D eigenvalue weighted by Crippen LogP contribution is 2.00. The Kier molecular flexibility index (Phi) is 7.49. The van der Waals surface area contributed by atoms with Crippen LogP contribution in [-0.2, 0) is 14.3 Å². The Morgan fingerprint density at radius 3 is 2.56 bits per heavy atom. The lowest BCUT2D eigenvalue weighted by molar-refractivity contribution is -0.144. The number of carboxylic acid groups (broad SMARTS) is 1. The largest absolute Gasteiger partial charge is 0.480 e. The standard InChI is InChI=1S/C10H20N2O4/c1-3-12(7-9(13)14)10(15)8(11)5-4-6-16-2/h8H,3-7,11H2,1-2H3,(H,13,14). The van der Waals surface area contributed by atoms with Crippen molar-refractivity contribution in [1.29, 1.82) is 0 Å². The van der Waals surface area contributed by atoms with Gasteiger partial charge in [-0.15, -0.1) is 0 Å². The first-order chi connectivity index (χ1) is 7.52. The normalized spacial score (nSPS) is 12.2. The summed E-state index contributed by atoms with van der Waals surface area (Å²) in [7, 11) is 1.58. The Morgan fingerprint density at radius 2 is 2.12 bits per heavy atom. The molecule has 6 nitrogen and oxygen atoms in total. The van der Waals surface area contributed by atoms with Crippen molar-refractivity contribution in [2.45, 2.75) is 25.8 Å². The number of aliphatic carboxylic acids is 1. The molecule has 0 rings (SSSR count). The maximum atomic E-state index is 11.7. The Labute approximate surface area is 95.4 Å². The Morgan fingerprint density at radius 1 is 1.50 bits per heavy atom. The van der Waals surface area contributed by atoms with Crippen LogP contribution in [0.15, 0.2) is 0 Å². The van der Waals surface area contributed by atoms with Gasteiger partial charge in [-0.2, -0.15) is 0 Å². The van der Waals surface area contributed by atoms with Gasteiger partial charge in [-0.1, -0.05) is 0 Å². The van der Waals surface area contributed by atoms with Crippen LogP contribution < -0.4 is 5.73 Å². The minimum Gasteiger partial charge on any atom is -0.480 e. The number of ether oxygens (including phenoxy) is 1. The molecule has 1 atom stereocenters. The first kappa shape index (κ1) is 14.9. The van der Waals surface area contributed by atoms with Gasteiger partial charge in [0.15, 0.2) is 0 Å². The van der Waals surface area contributed by atoms with E-state index in [4.69, 9.17) is 15.6 Å². The fourth-order valence-corrected chi connectivity index (χ4v) is 1.31. The smallest absolute Gasteiger partial charge is 0.323 e. The first-order valence-electron chi connectivity index (χ1n) is 5.28. The van der Waals surface area contributed by atoms with Gasteiger partial charge in [-0.25, -0.2) is 0 Å². The van der Waals surface area contributed by atoms with Crippen molar-refractivity contribution in [1.82, 2.24) is 4.90 Å². The third-order valence-electron chi connectivity index (χ3n) is 2.20. The quantitative estimate of drug-likeness (QED) is 0.559. The van der Waals surface area contributed by atoms with E-state index in [0.29, 0.717) is 26.0 Å². The fraction of sp³-hybridized carbons (Fsp3) is 0.800. The predicted molar refractivity (Wildman–Crippen MR) is 59.0 cm³/mol. The molecule has 3 N–H and O–H groups in total. The molecule has 16 heavy (non-hydrogen) atoms. The van der Waals surface area contributed by atoms with Gasteiger partial charge in [0, 0.05) is 20.3 Å². The summed E-state index contributed by atoms with van der Waals surface area (Å²) in [6.07, 6.45) is 1.19. The van der Waals surface area contributed by atoms with Crippen LogP contribution in [0.3, 0.4) is 0 Å². The number of nitrogens with zero attached hydrogens (tertiary/aromatic N) is 1. The predicted octanol–water partition coefficient (Wildman–Crippen LogP) is -0.327. The highest BCUT2D eigenvalue weighted by molar-refractivity contribution is 5.85. The van der Waals surface area contributed by atoms with E-state index in [1.165, 1.54) is 4.90 Å². The molecule has 0 saturated heterocycles. The van der Waals surface area contributed by atoms with Gasteiger partial charge >= 0.3 is 5.97 Å². The summed E-state index contributed by atoms with van der Waals surface area (Å²) in [6, 6.07) is -0.644. The zero-order valence-electron chi connectivity index (χ0n) is 9.81. The molecule has 0 saturated carbocycles. The molecule has 0 aromatic carbocycles. The monoisotopic (exact) mass is 232 g/mol. The van der Waals surface area contributed by atoms with Crippen molar-refractivity contribution in [2.24, 2.45) is 5.73 Å². The van der Waals surface area contributed by atoms with Gasteiger partial charge in [0.05, 0.1) is 6.04 Å². The number of hydrogen-bond acceptors (Lipinski definition) is 4. The maximum absolute atomic E-state index is 11.7. The van der Waals surface area contributed by atoms with Crippen molar-refractivity contribution < 1.29 is 19.4 Å². The van der Waals surface area contributed by atoms with Crippen molar-refractivity contribution in [3.63, 3.8) is 0 Å². The van der Waals surface area contributed by atoms with E-state index in [0.717, 1.165) is 0 Å². The van der Waals surface area contributed by atoms with E-state index in [9.17, 15) is 9.59 Å². The average Bonchev–Trinajstić information content (AvgIpc) is 2.24. The third-order valence-corrected chi connectivity index (χ3v) is 2.20. The molecule has 1 amide bonds. The zero-order chi connectivity index (χ0) is 12.6. The van der Waals surface area contributed by atoms with E-state index in [1.807, 2.05) is 0 Å². The molecule has 0 aromatic rings. The molecule has 0 spiro atoms. The van der Waals surface area contributed by atoms with Crippen LogP contribution in [0.5, 0.6) is 0 Å². The van der Waals surface area contributed by atoms with Crippen LogP contribution in [0.4, 0.5) is 0 Å². The number of carboxylic acids is 1. The summed E-state index contributed by atoms with van der Waals surface area (Å²) < 4.78 is 4.85. The van der Waals surface area contributed by atoms with Crippen LogP contribution in [0.2, 0.25) is 0 Å². The zero-order valence-corrected chi connectivity index (χ0v) is 9.81. The van der Waals surface area contributed by atoms with Gasteiger partial charge in [0.1, 0.15) is 6.54 Å². The number of rotatable bonds is 8.